The normalized spacial score (nSPS) is 12.5. The molecular weight excluding hydrogens is 308 g/mol. The van der Waals surface area contributed by atoms with Gasteiger partial charge in [0.15, 0.2) is 6.10 Å². The topological polar surface area (TPSA) is 83.8 Å². The number of unbranched alkanes of at least 4 members (excludes halogenated alkanes) is 9. The first kappa shape index (κ1) is 22.8. The molecule has 2 N–H and O–H groups in total. The van der Waals surface area contributed by atoms with E-state index in [2.05, 4.69) is 23.8 Å². The van der Waals surface area contributed by atoms with Crippen LogP contribution in [-0.2, 0) is 14.3 Å². The monoisotopic (exact) mass is 342 g/mol. The van der Waals surface area contributed by atoms with Crippen molar-refractivity contribution in [3.05, 3.63) is 12.2 Å². The summed E-state index contributed by atoms with van der Waals surface area (Å²) in [7, 11) is 0. The van der Waals surface area contributed by atoms with Crippen molar-refractivity contribution in [2.24, 2.45) is 0 Å². The minimum Gasteiger partial charge on any atom is -0.393 e. The predicted molar refractivity (Wildman–Crippen MR) is 94.4 cm³/mol. The molecule has 0 saturated carbocycles. The zero-order chi connectivity index (χ0) is 18.0. The third kappa shape index (κ3) is 14.4. The van der Waals surface area contributed by atoms with E-state index in [1.165, 1.54) is 32.1 Å². The molecule has 5 nitrogen and oxygen atoms in total. The summed E-state index contributed by atoms with van der Waals surface area (Å²) in [6, 6.07) is 0. The van der Waals surface area contributed by atoms with E-state index in [0.29, 0.717) is 6.42 Å². The van der Waals surface area contributed by atoms with Crippen molar-refractivity contribution in [3.8, 4) is 0 Å². The lowest BCUT2D eigenvalue weighted by Crippen LogP contribution is -2.28. The first-order valence-electron chi connectivity index (χ1n) is 9.30. The first-order chi connectivity index (χ1) is 11.6. The third-order valence-electron chi connectivity index (χ3n) is 3.80. The fraction of sp³-hybridized carbons (Fsp3) is 0.789. The Morgan fingerprint density at radius 3 is 2.04 bits per heavy atom. The Bertz CT molecular complexity index is 352. The van der Waals surface area contributed by atoms with E-state index in [4.69, 9.17) is 10.2 Å². The van der Waals surface area contributed by atoms with E-state index in [1.807, 2.05) is 0 Å². The van der Waals surface area contributed by atoms with Gasteiger partial charge in [-0.15, -0.1) is 0 Å². The van der Waals surface area contributed by atoms with Gasteiger partial charge >= 0.3 is 11.9 Å². The third-order valence-corrected chi connectivity index (χ3v) is 3.80. The highest BCUT2D eigenvalue weighted by Gasteiger charge is 2.18. The van der Waals surface area contributed by atoms with E-state index in [0.717, 1.165) is 32.1 Å². The van der Waals surface area contributed by atoms with Gasteiger partial charge in [-0.05, 0) is 32.1 Å². The lowest BCUT2D eigenvalue weighted by molar-refractivity contribution is -0.167. The number of hydrogen-bond donors (Lipinski definition) is 2. The molecule has 0 fully saturated rings. The van der Waals surface area contributed by atoms with Crippen LogP contribution >= 0.6 is 0 Å². The number of allylic oxidation sites excluding steroid dienone is 2. The number of rotatable bonds is 15. The summed E-state index contributed by atoms with van der Waals surface area (Å²) in [6.07, 6.45) is 15.6. The summed E-state index contributed by atoms with van der Waals surface area (Å²) >= 11 is 0. The Kier molecular flexibility index (Phi) is 15.8. The van der Waals surface area contributed by atoms with Gasteiger partial charge in [0.2, 0.25) is 0 Å². The fourth-order valence-corrected chi connectivity index (χ4v) is 2.29. The minimum atomic E-state index is -1.63. The number of carbonyl (C=O) groups is 2. The van der Waals surface area contributed by atoms with E-state index in [1.54, 1.807) is 0 Å². The van der Waals surface area contributed by atoms with Crippen LogP contribution in [0.2, 0.25) is 0 Å². The second-order valence-electron chi connectivity index (χ2n) is 6.12. The van der Waals surface area contributed by atoms with Crippen molar-refractivity contribution < 1.29 is 24.5 Å². The number of aliphatic hydroxyl groups is 2. The van der Waals surface area contributed by atoms with Crippen LogP contribution in [0.25, 0.3) is 0 Å². The van der Waals surface area contributed by atoms with Gasteiger partial charge in [-0.1, -0.05) is 57.6 Å². The van der Waals surface area contributed by atoms with Gasteiger partial charge in [-0.2, -0.15) is 0 Å². The molecule has 0 saturated heterocycles. The van der Waals surface area contributed by atoms with Gasteiger partial charge in [-0.25, -0.2) is 4.79 Å². The Morgan fingerprint density at radius 1 is 0.917 bits per heavy atom. The summed E-state index contributed by atoms with van der Waals surface area (Å²) in [4.78, 5) is 22.4. The Balaban J connectivity index is 3.37. The van der Waals surface area contributed by atoms with E-state index >= 15 is 0 Å². The van der Waals surface area contributed by atoms with Crippen LogP contribution in [-0.4, -0.2) is 34.9 Å². The maximum Gasteiger partial charge on any atom is 0.345 e. The van der Waals surface area contributed by atoms with Gasteiger partial charge < -0.3 is 14.9 Å². The fourth-order valence-electron chi connectivity index (χ4n) is 2.29. The SMILES string of the molecule is CCCCCC/C=C\CCCCCCCC(=O)OC(=O)C(O)CO. The molecule has 0 aromatic carbocycles. The van der Waals surface area contributed by atoms with Crippen LogP contribution < -0.4 is 0 Å². The van der Waals surface area contributed by atoms with Crippen molar-refractivity contribution in [2.75, 3.05) is 6.61 Å². The average molecular weight is 342 g/mol. The van der Waals surface area contributed by atoms with Gasteiger partial charge in [0.25, 0.3) is 0 Å². The number of hydrogen-bond acceptors (Lipinski definition) is 5. The second-order valence-corrected chi connectivity index (χ2v) is 6.12. The molecule has 0 aliphatic rings. The molecule has 0 aliphatic heterocycles. The van der Waals surface area contributed by atoms with Crippen molar-refractivity contribution in [1.29, 1.82) is 0 Å². The molecule has 24 heavy (non-hydrogen) atoms. The molecule has 0 radical (unpaired) electrons. The predicted octanol–water partition coefficient (Wildman–Crippen LogP) is 3.67. The van der Waals surface area contributed by atoms with Crippen molar-refractivity contribution >= 4 is 11.9 Å². The lowest BCUT2D eigenvalue weighted by Gasteiger charge is -2.06. The Morgan fingerprint density at radius 2 is 1.46 bits per heavy atom. The summed E-state index contributed by atoms with van der Waals surface area (Å²) in [5.41, 5.74) is 0. The maximum atomic E-state index is 11.3. The van der Waals surface area contributed by atoms with Gasteiger partial charge in [0.1, 0.15) is 0 Å². The molecule has 140 valence electrons. The molecule has 0 spiro atoms. The highest BCUT2D eigenvalue weighted by atomic mass is 16.6. The molecule has 0 heterocycles. The highest BCUT2D eigenvalue weighted by Crippen LogP contribution is 2.09. The molecule has 0 rings (SSSR count). The molecule has 0 aromatic heterocycles. The molecular formula is C19H34O5. The summed E-state index contributed by atoms with van der Waals surface area (Å²) in [6.45, 7) is 1.49. The standard InChI is InChI=1S/C19H34O5/c1-2-3-4-5-6-7-8-9-10-11-12-13-14-15-18(22)24-19(23)17(21)16-20/h7-8,17,20-21H,2-6,9-16H2,1H3/b8-7-. The summed E-state index contributed by atoms with van der Waals surface area (Å²) in [5.74, 6) is -1.72. The smallest absolute Gasteiger partial charge is 0.345 e. The van der Waals surface area contributed by atoms with E-state index in [-0.39, 0.29) is 6.42 Å². The highest BCUT2D eigenvalue weighted by molar-refractivity contribution is 5.87. The van der Waals surface area contributed by atoms with Crippen LogP contribution in [0.1, 0.15) is 84.0 Å². The van der Waals surface area contributed by atoms with E-state index in [9.17, 15) is 9.59 Å². The quantitative estimate of drug-likeness (QED) is 0.205. The molecule has 0 aromatic rings. The second kappa shape index (κ2) is 16.7. The van der Waals surface area contributed by atoms with Crippen LogP contribution in [0.5, 0.6) is 0 Å². The Labute approximate surface area is 146 Å². The van der Waals surface area contributed by atoms with Crippen molar-refractivity contribution in [3.63, 3.8) is 0 Å². The summed E-state index contributed by atoms with van der Waals surface area (Å²) < 4.78 is 4.41. The zero-order valence-corrected chi connectivity index (χ0v) is 15.0. The van der Waals surface area contributed by atoms with Gasteiger partial charge in [0.05, 0.1) is 6.61 Å². The lowest BCUT2D eigenvalue weighted by atomic mass is 10.1. The molecule has 5 heteroatoms. The average Bonchev–Trinajstić information content (AvgIpc) is 2.58. The number of ether oxygens (including phenoxy) is 1. The number of esters is 2. The molecule has 0 aliphatic carbocycles. The molecule has 0 bridgehead atoms. The zero-order valence-electron chi connectivity index (χ0n) is 15.0. The van der Waals surface area contributed by atoms with Crippen molar-refractivity contribution in [1.82, 2.24) is 0 Å². The van der Waals surface area contributed by atoms with E-state index < -0.39 is 24.6 Å². The molecule has 1 atom stereocenters. The van der Waals surface area contributed by atoms with Crippen molar-refractivity contribution in [2.45, 2.75) is 90.1 Å². The van der Waals surface area contributed by atoms with Crippen LogP contribution in [0.15, 0.2) is 12.2 Å². The minimum absolute atomic E-state index is 0.168. The summed E-state index contributed by atoms with van der Waals surface area (Å²) in [5, 5.41) is 17.5. The van der Waals surface area contributed by atoms with Crippen LogP contribution in [0.3, 0.4) is 0 Å². The first-order valence-corrected chi connectivity index (χ1v) is 9.30. The number of carbonyl (C=O) groups excluding carboxylic acids is 2. The molecule has 1 unspecified atom stereocenters. The molecule has 0 amide bonds. The maximum absolute atomic E-state index is 11.3. The Hall–Kier alpha value is -1.20. The van der Waals surface area contributed by atoms with Crippen LogP contribution in [0.4, 0.5) is 0 Å². The van der Waals surface area contributed by atoms with Crippen LogP contribution in [0, 0.1) is 0 Å². The van der Waals surface area contributed by atoms with Gasteiger partial charge in [-0.3, -0.25) is 4.79 Å². The largest absolute Gasteiger partial charge is 0.393 e. The number of aliphatic hydroxyl groups excluding tert-OH is 2. The van der Waals surface area contributed by atoms with Gasteiger partial charge in [0, 0.05) is 6.42 Å².